The van der Waals surface area contributed by atoms with Gasteiger partial charge < -0.3 is 19.8 Å². The zero-order chi connectivity index (χ0) is 24.6. The quantitative estimate of drug-likeness (QED) is 0.301. The van der Waals surface area contributed by atoms with Crippen LogP contribution in [0.2, 0.25) is 0 Å². The second-order valence-corrected chi connectivity index (χ2v) is 8.34. The highest BCUT2D eigenvalue weighted by atomic mass is 19.1. The molecule has 0 unspecified atom stereocenters. The zero-order valence-corrected chi connectivity index (χ0v) is 18.8. The van der Waals surface area contributed by atoms with Crippen molar-refractivity contribution in [2.45, 2.75) is 5.92 Å². The number of amides is 2. The Kier molecular flexibility index (Phi) is 5.22. The summed E-state index contributed by atoms with van der Waals surface area (Å²) in [6.45, 7) is 0. The van der Waals surface area contributed by atoms with Crippen LogP contribution in [0.25, 0.3) is 11.0 Å². The van der Waals surface area contributed by atoms with E-state index in [0.717, 1.165) is 0 Å². The van der Waals surface area contributed by atoms with Crippen LogP contribution in [0.1, 0.15) is 27.6 Å². The number of para-hydroxylation sites is 4. The fourth-order valence-electron chi connectivity index (χ4n) is 4.46. The Morgan fingerprint density at radius 2 is 1.33 bits per heavy atom. The summed E-state index contributed by atoms with van der Waals surface area (Å²) in [6, 6.07) is 27.5. The molecular formula is C29H19FN2O4. The van der Waals surface area contributed by atoms with Gasteiger partial charge in [0.25, 0.3) is 5.91 Å². The standard InChI is InChI=1S/C29H19FN2O4/c30-20-12-4-5-13-21(20)31-29(34)27-26(19-11-3-8-16-24(19)36-27)32-28(33)25-17-9-1-6-14-22(17)35-23-15-7-2-10-18(23)25/h1-16,25H,(H,31,34)(H,32,33). The Morgan fingerprint density at radius 1 is 0.722 bits per heavy atom. The Morgan fingerprint density at radius 3 is 2.06 bits per heavy atom. The lowest BCUT2D eigenvalue weighted by Gasteiger charge is -2.27. The largest absolute Gasteiger partial charge is 0.457 e. The SMILES string of the molecule is O=C(Nc1ccccc1F)c1oc2ccccc2c1NC(=O)C1c2ccccc2Oc2ccccc21. The number of hydrogen-bond acceptors (Lipinski definition) is 4. The van der Waals surface area contributed by atoms with Crippen molar-refractivity contribution in [3.63, 3.8) is 0 Å². The zero-order valence-electron chi connectivity index (χ0n) is 18.8. The van der Waals surface area contributed by atoms with Gasteiger partial charge in [0.05, 0.1) is 11.6 Å². The van der Waals surface area contributed by atoms with Crippen LogP contribution in [0.5, 0.6) is 11.5 Å². The first-order valence-corrected chi connectivity index (χ1v) is 11.3. The molecule has 0 bridgehead atoms. The van der Waals surface area contributed by atoms with E-state index in [2.05, 4.69) is 10.6 Å². The second kappa shape index (κ2) is 8.70. The Balaban J connectivity index is 1.41. The van der Waals surface area contributed by atoms with E-state index in [1.165, 1.54) is 18.2 Å². The lowest BCUT2D eigenvalue weighted by Crippen LogP contribution is -2.26. The molecule has 0 spiro atoms. The molecule has 0 atom stereocenters. The Labute approximate surface area is 205 Å². The van der Waals surface area contributed by atoms with Gasteiger partial charge in [-0.15, -0.1) is 0 Å². The number of rotatable bonds is 4. The van der Waals surface area contributed by atoms with Crippen LogP contribution in [-0.2, 0) is 4.79 Å². The molecule has 0 radical (unpaired) electrons. The number of furan rings is 1. The van der Waals surface area contributed by atoms with Gasteiger partial charge in [-0.05, 0) is 36.4 Å². The molecule has 4 aromatic carbocycles. The molecule has 0 saturated carbocycles. The first-order chi connectivity index (χ1) is 17.6. The highest BCUT2D eigenvalue weighted by Crippen LogP contribution is 2.45. The first kappa shape index (κ1) is 21.6. The molecule has 6 rings (SSSR count). The van der Waals surface area contributed by atoms with E-state index in [1.54, 1.807) is 30.3 Å². The predicted octanol–water partition coefficient (Wildman–Crippen LogP) is 6.70. The fraction of sp³-hybridized carbons (Fsp3) is 0.0345. The van der Waals surface area contributed by atoms with Crippen molar-refractivity contribution in [2.75, 3.05) is 10.6 Å². The summed E-state index contributed by atoms with van der Waals surface area (Å²) >= 11 is 0. The smallest absolute Gasteiger partial charge is 0.293 e. The average molecular weight is 478 g/mol. The van der Waals surface area contributed by atoms with Crippen molar-refractivity contribution in [3.8, 4) is 11.5 Å². The number of carbonyl (C=O) groups excluding carboxylic acids is 2. The number of halogens is 1. The molecule has 2 amide bonds. The van der Waals surface area contributed by atoms with Crippen molar-refractivity contribution >= 4 is 34.2 Å². The number of fused-ring (bicyclic) bond motifs is 3. The highest BCUT2D eigenvalue weighted by Gasteiger charge is 2.34. The molecular weight excluding hydrogens is 459 g/mol. The van der Waals surface area contributed by atoms with Gasteiger partial charge in [0.1, 0.15) is 28.6 Å². The molecule has 2 heterocycles. The summed E-state index contributed by atoms with van der Waals surface area (Å²) in [7, 11) is 0. The second-order valence-electron chi connectivity index (χ2n) is 8.34. The molecule has 6 nitrogen and oxygen atoms in total. The number of ether oxygens (including phenoxy) is 1. The summed E-state index contributed by atoms with van der Waals surface area (Å²) in [6.07, 6.45) is 0. The van der Waals surface area contributed by atoms with Gasteiger partial charge in [0.2, 0.25) is 11.7 Å². The minimum Gasteiger partial charge on any atom is -0.457 e. The number of benzene rings is 4. The average Bonchev–Trinajstić information content (AvgIpc) is 3.27. The molecule has 1 aromatic heterocycles. The summed E-state index contributed by atoms with van der Waals surface area (Å²) in [4.78, 5) is 27.0. The maximum absolute atomic E-state index is 14.2. The molecule has 2 N–H and O–H groups in total. The number of carbonyl (C=O) groups is 2. The van der Waals surface area contributed by atoms with Crippen molar-refractivity contribution in [1.82, 2.24) is 0 Å². The molecule has 7 heteroatoms. The summed E-state index contributed by atoms with van der Waals surface area (Å²) in [5.74, 6) is -1.24. The Bertz CT molecular complexity index is 1600. The van der Waals surface area contributed by atoms with E-state index in [-0.39, 0.29) is 23.0 Å². The van der Waals surface area contributed by atoms with Crippen LogP contribution in [0.15, 0.2) is 101 Å². The van der Waals surface area contributed by atoms with Crippen molar-refractivity contribution in [3.05, 3.63) is 120 Å². The topological polar surface area (TPSA) is 80.6 Å². The maximum atomic E-state index is 14.2. The maximum Gasteiger partial charge on any atom is 0.293 e. The summed E-state index contributed by atoms with van der Waals surface area (Å²) in [5.41, 5.74) is 2.05. The van der Waals surface area contributed by atoms with Gasteiger partial charge in [-0.25, -0.2) is 4.39 Å². The molecule has 176 valence electrons. The van der Waals surface area contributed by atoms with E-state index in [4.69, 9.17) is 9.15 Å². The van der Waals surface area contributed by atoms with Crippen LogP contribution < -0.4 is 15.4 Å². The first-order valence-electron chi connectivity index (χ1n) is 11.3. The van der Waals surface area contributed by atoms with E-state index in [0.29, 0.717) is 33.6 Å². The minimum atomic E-state index is -0.681. The summed E-state index contributed by atoms with van der Waals surface area (Å²) in [5, 5.41) is 6.01. The van der Waals surface area contributed by atoms with E-state index < -0.39 is 17.6 Å². The van der Waals surface area contributed by atoms with Crippen LogP contribution in [0, 0.1) is 5.82 Å². The molecule has 0 saturated heterocycles. The van der Waals surface area contributed by atoms with Gasteiger partial charge >= 0.3 is 0 Å². The van der Waals surface area contributed by atoms with Gasteiger partial charge in [-0.3, -0.25) is 9.59 Å². The van der Waals surface area contributed by atoms with E-state index in [1.807, 2.05) is 48.5 Å². The lowest BCUT2D eigenvalue weighted by molar-refractivity contribution is -0.116. The summed E-state index contributed by atoms with van der Waals surface area (Å²) < 4.78 is 26.0. The van der Waals surface area contributed by atoms with Crippen molar-refractivity contribution < 1.29 is 23.1 Å². The predicted molar refractivity (Wildman–Crippen MR) is 134 cm³/mol. The monoisotopic (exact) mass is 478 g/mol. The number of nitrogens with one attached hydrogen (secondary N) is 2. The van der Waals surface area contributed by atoms with E-state index in [9.17, 15) is 14.0 Å². The molecule has 36 heavy (non-hydrogen) atoms. The van der Waals surface area contributed by atoms with Crippen molar-refractivity contribution in [2.24, 2.45) is 0 Å². The molecule has 0 aliphatic carbocycles. The van der Waals surface area contributed by atoms with Crippen LogP contribution in [-0.4, -0.2) is 11.8 Å². The molecule has 0 fully saturated rings. The molecule has 1 aliphatic heterocycles. The highest BCUT2D eigenvalue weighted by molar-refractivity contribution is 6.15. The van der Waals surface area contributed by atoms with E-state index >= 15 is 0 Å². The van der Waals surface area contributed by atoms with Gasteiger partial charge in [0, 0.05) is 16.5 Å². The Hall–Kier alpha value is -4.91. The number of hydrogen-bond donors (Lipinski definition) is 2. The van der Waals surface area contributed by atoms with Crippen LogP contribution in [0.4, 0.5) is 15.8 Å². The fourth-order valence-corrected chi connectivity index (χ4v) is 4.46. The lowest BCUT2D eigenvalue weighted by atomic mass is 9.87. The molecule has 5 aromatic rings. The van der Waals surface area contributed by atoms with Gasteiger partial charge in [-0.2, -0.15) is 0 Å². The molecule has 1 aliphatic rings. The minimum absolute atomic E-state index is 0.00696. The number of anilines is 2. The van der Waals surface area contributed by atoms with Gasteiger partial charge in [0.15, 0.2) is 0 Å². The normalized spacial score (nSPS) is 12.4. The van der Waals surface area contributed by atoms with Gasteiger partial charge in [-0.1, -0.05) is 60.7 Å². The third kappa shape index (κ3) is 3.67. The third-order valence-corrected chi connectivity index (χ3v) is 6.11. The van der Waals surface area contributed by atoms with Crippen LogP contribution >= 0.6 is 0 Å². The third-order valence-electron chi connectivity index (χ3n) is 6.11. The van der Waals surface area contributed by atoms with Crippen LogP contribution in [0.3, 0.4) is 0 Å². The van der Waals surface area contributed by atoms with Crippen molar-refractivity contribution in [1.29, 1.82) is 0 Å².